The van der Waals surface area contributed by atoms with Crippen molar-refractivity contribution < 1.29 is 43.2 Å². The molecule has 1 saturated heterocycles. The summed E-state index contributed by atoms with van der Waals surface area (Å²) < 4.78 is 27.3. The maximum atomic E-state index is 13.1. The normalized spacial score (nSPS) is 22.1. The van der Waals surface area contributed by atoms with Gasteiger partial charge in [-0.3, -0.25) is 4.79 Å². The predicted molar refractivity (Wildman–Crippen MR) is 116 cm³/mol. The van der Waals surface area contributed by atoms with Crippen molar-refractivity contribution in [3.63, 3.8) is 0 Å². The van der Waals surface area contributed by atoms with Crippen LogP contribution in [0.4, 0.5) is 0 Å². The van der Waals surface area contributed by atoms with Crippen LogP contribution in [-0.2, 0) is 44.5 Å². The van der Waals surface area contributed by atoms with E-state index in [2.05, 4.69) is 11.8 Å². The molecular formula is C24H30O9. The largest absolute Gasteiger partial charge is 0.463 e. The fraction of sp³-hybridized carbons (Fsp3) is 0.542. The van der Waals surface area contributed by atoms with Crippen LogP contribution in [0.5, 0.6) is 0 Å². The first kappa shape index (κ1) is 26.3. The zero-order chi connectivity index (χ0) is 24.5. The topological polar surface area (TPSA) is 118 Å². The van der Waals surface area contributed by atoms with E-state index < -0.39 is 47.9 Å². The molecule has 180 valence electrons. The van der Waals surface area contributed by atoms with Crippen LogP contribution in [0.2, 0.25) is 0 Å². The molecule has 9 heteroatoms. The molecule has 0 radical (unpaired) electrons. The van der Waals surface area contributed by atoms with Crippen molar-refractivity contribution in [1.29, 1.82) is 0 Å². The molecule has 1 heterocycles. The van der Waals surface area contributed by atoms with Crippen molar-refractivity contribution in [3.8, 4) is 11.8 Å². The van der Waals surface area contributed by atoms with Crippen molar-refractivity contribution in [2.45, 2.75) is 57.5 Å². The molecule has 1 aliphatic heterocycles. The fourth-order valence-corrected chi connectivity index (χ4v) is 3.59. The van der Waals surface area contributed by atoms with E-state index in [1.807, 2.05) is 0 Å². The zero-order valence-corrected chi connectivity index (χ0v) is 19.3. The monoisotopic (exact) mass is 462 g/mol. The Balaban J connectivity index is 2.45. The SMILES string of the molecule is CC#C[C@]1(OC(C)=O)[C@@H](O)CO[C@@H]1COC(Cc1ccccc1)(C(=O)OCC)C(=O)OCC. The quantitative estimate of drug-likeness (QED) is 0.237. The van der Waals surface area contributed by atoms with E-state index in [4.69, 9.17) is 23.7 Å². The highest BCUT2D eigenvalue weighted by Gasteiger charge is 2.57. The molecule has 1 fully saturated rings. The Kier molecular flexibility index (Phi) is 9.41. The molecule has 1 N–H and O–H groups in total. The predicted octanol–water partition coefficient (Wildman–Crippen LogP) is 1.20. The van der Waals surface area contributed by atoms with Gasteiger partial charge < -0.3 is 28.8 Å². The molecule has 33 heavy (non-hydrogen) atoms. The zero-order valence-electron chi connectivity index (χ0n) is 19.3. The number of benzene rings is 1. The van der Waals surface area contributed by atoms with Gasteiger partial charge in [0.1, 0.15) is 12.2 Å². The maximum Gasteiger partial charge on any atom is 0.350 e. The molecule has 0 saturated carbocycles. The first-order valence-electron chi connectivity index (χ1n) is 10.7. The van der Waals surface area contributed by atoms with Gasteiger partial charge in [0.15, 0.2) is 0 Å². The Morgan fingerprint density at radius 1 is 1.15 bits per heavy atom. The summed E-state index contributed by atoms with van der Waals surface area (Å²) >= 11 is 0. The number of esters is 3. The number of carbonyl (C=O) groups is 3. The van der Waals surface area contributed by atoms with Gasteiger partial charge in [0.05, 0.1) is 26.4 Å². The maximum absolute atomic E-state index is 13.1. The number of rotatable bonds is 10. The fourth-order valence-electron chi connectivity index (χ4n) is 3.59. The van der Waals surface area contributed by atoms with Gasteiger partial charge in [0.25, 0.3) is 5.60 Å². The Morgan fingerprint density at radius 2 is 1.76 bits per heavy atom. The van der Waals surface area contributed by atoms with E-state index in [-0.39, 0.29) is 26.2 Å². The van der Waals surface area contributed by atoms with Crippen LogP contribution in [0.3, 0.4) is 0 Å². The Morgan fingerprint density at radius 3 is 2.27 bits per heavy atom. The number of hydrogen-bond donors (Lipinski definition) is 1. The van der Waals surface area contributed by atoms with E-state index in [1.54, 1.807) is 44.2 Å². The van der Waals surface area contributed by atoms with Gasteiger partial charge in [-0.1, -0.05) is 30.3 Å². The molecule has 0 aliphatic carbocycles. The lowest BCUT2D eigenvalue weighted by atomic mass is 9.91. The smallest absolute Gasteiger partial charge is 0.350 e. The van der Waals surface area contributed by atoms with E-state index in [1.165, 1.54) is 13.8 Å². The summed E-state index contributed by atoms with van der Waals surface area (Å²) in [6.07, 6.45) is -2.50. The first-order chi connectivity index (χ1) is 15.8. The van der Waals surface area contributed by atoms with Crippen LogP contribution >= 0.6 is 0 Å². The molecule has 1 aromatic rings. The average Bonchev–Trinajstić information content (AvgIpc) is 3.06. The van der Waals surface area contributed by atoms with Crippen LogP contribution in [0.1, 0.15) is 33.3 Å². The van der Waals surface area contributed by atoms with Crippen LogP contribution in [0, 0.1) is 11.8 Å². The van der Waals surface area contributed by atoms with Crippen LogP contribution in [-0.4, -0.2) is 72.9 Å². The molecular weight excluding hydrogens is 432 g/mol. The third kappa shape index (κ3) is 5.90. The Hall–Kier alpha value is -2.93. The third-order valence-electron chi connectivity index (χ3n) is 5.05. The summed E-state index contributed by atoms with van der Waals surface area (Å²) in [7, 11) is 0. The molecule has 1 aromatic carbocycles. The minimum Gasteiger partial charge on any atom is -0.463 e. The van der Waals surface area contributed by atoms with Crippen molar-refractivity contribution in [3.05, 3.63) is 35.9 Å². The first-order valence-corrected chi connectivity index (χ1v) is 10.7. The van der Waals surface area contributed by atoms with Crippen LogP contribution in [0.25, 0.3) is 0 Å². The van der Waals surface area contributed by atoms with Gasteiger partial charge in [0.2, 0.25) is 5.60 Å². The second-order valence-corrected chi connectivity index (χ2v) is 7.34. The molecule has 0 bridgehead atoms. The lowest BCUT2D eigenvalue weighted by Crippen LogP contribution is -2.57. The van der Waals surface area contributed by atoms with Gasteiger partial charge in [-0.2, -0.15) is 0 Å². The van der Waals surface area contributed by atoms with Gasteiger partial charge >= 0.3 is 17.9 Å². The third-order valence-corrected chi connectivity index (χ3v) is 5.05. The number of aliphatic hydroxyl groups excluding tert-OH is 1. The van der Waals surface area contributed by atoms with Crippen molar-refractivity contribution >= 4 is 17.9 Å². The van der Waals surface area contributed by atoms with Crippen molar-refractivity contribution in [2.24, 2.45) is 0 Å². The lowest BCUT2D eigenvalue weighted by Gasteiger charge is -2.34. The Labute approximate surface area is 193 Å². The highest BCUT2D eigenvalue weighted by molar-refractivity contribution is 6.04. The molecule has 2 rings (SSSR count). The van der Waals surface area contributed by atoms with E-state index in [0.717, 1.165) is 0 Å². The van der Waals surface area contributed by atoms with Crippen molar-refractivity contribution in [1.82, 2.24) is 0 Å². The van der Waals surface area contributed by atoms with Crippen molar-refractivity contribution in [2.75, 3.05) is 26.4 Å². The van der Waals surface area contributed by atoms with E-state index >= 15 is 0 Å². The summed E-state index contributed by atoms with van der Waals surface area (Å²) in [6.45, 7) is 5.34. The minimum absolute atomic E-state index is 0.00940. The average molecular weight is 462 g/mol. The number of carbonyl (C=O) groups excluding carboxylic acids is 3. The highest BCUT2D eigenvalue weighted by atomic mass is 16.6. The molecule has 0 aromatic heterocycles. The van der Waals surface area contributed by atoms with E-state index in [9.17, 15) is 19.5 Å². The number of ether oxygens (including phenoxy) is 5. The second kappa shape index (κ2) is 11.8. The summed E-state index contributed by atoms with van der Waals surface area (Å²) in [5, 5.41) is 10.5. The number of aliphatic hydroxyl groups is 1. The van der Waals surface area contributed by atoms with E-state index in [0.29, 0.717) is 5.56 Å². The summed E-state index contributed by atoms with van der Waals surface area (Å²) in [4.78, 5) is 37.9. The number of hydrogen-bond acceptors (Lipinski definition) is 9. The van der Waals surface area contributed by atoms with Crippen LogP contribution in [0.15, 0.2) is 30.3 Å². The molecule has 0 unspecified atom stereocenters. The lowest BCUT2D eigenvalue weighted by molar-refractivity contribution is -0.199. The molecule has 1 aliphatic rings. The van der Waals surface area contributed by atoms with Crippen LogP contribution < -0.4 is 0 Å². The molecule has 9 nitrogen and oxygen atoms in total. The van der Waals surface area contributed by atoms with Gasteiger partial charge in [0, 0.05) is 13.3 Å². The molecule has 3 atom stereocenters. The standard InChI is InChI=1S/C24H30O9/c1-5-13-23(33-17(4)25)19(26)15-31-20(23)16-32-24(21(27)29-6-2,22(28)30-7-3)14-18-11-9-8-10-12-18/h8-12,19-20,26H,6-7,14-16H2,1-4H3/t19-,20+,23-/m0/s1. The summed E-state index contributed by atoms with van der Waals surface area (Å²) in [5.41, 5.74) is -3.24. The summed E-state index contributed by atoms with van der Waals surface area (Å²) in [6, 6.07) is 8.78. The molecule has 0 spiro atoms. The van der Waals surface area contributed by atoms with Gasteiger partial charge in [-0.25, -0.2) is 9.59 Å². The molecule has 0 amide bonds. The Bertz CT molecular complexity index is 868. The second-order valence-electron chi connectivity index (χ2n) is 7.34. The van der Waals surface area contributed by atoms with Gasteiger partial charge in [-0.15, -0.1) is 5.92 Å². The highest BCUT2D eigenvalue weighted by Crippen LogP contribution is 2.33. The van der Waals surface area contributed by atoms with Gasteiger partial charge in [-0.05, 0) is 32.3 Å². The summed E-state index contributed by atoms with van der Waals surface area (Å²) in [5.74, 6) is 2.80. The minimum atomic E-state index is -2.15.